The lowest BCUT2D eigenvalue weighted by atomic mass is 9.77. The fourth-order valence-electron chi connectivity index (χ4n) is 2.49. The minimum atomic E-state index is -0.996. The number of nitrogens with one attached hydrogen (secondary N) is 1. The molecule has 1 saturated carbocycles. The van der Waals surface area contributed by atoms with Gasteiger partial charge in [-0.3, -0.25) is 0 Å². The third kappa shape index (κ3) is 2.23. The van der Waals surface area contributed by atoms with E-state index in [4.69, 9.17) is 5.11 Å². The number of carbonyl (C=O) groups is 2. The summed E-state index contributed by atoms with van der Waals surface area (Å²) in [6, 6.07) is -0.224. The maximum absolute atomic E-state index is 12.0. The number of likely N-dealkylation sites (tertiary alicyclic amines) is 1. The molecule has 5 heteroatoms. The topological polar surface area (TPSA) is 69.6 Å². The lowest BCUT2D eigenvalue weighted by Crippen LogP contribution is -2.61. The molecule has 2 amide bonds. The highest BCUT2D eigenvalue weighted by Crippen LogP contribution is 2.33. The molecule has 1 aliphatic carbocycles. The number of amides is 2. The molecule has 0 unspecified atom stereocenters. The summed E-state index contributed by atoms with van der Waals surface area (Å²) in [6.45, 7) is 5.66. The number of carbonyl (C=O) groups excluding carboxylic acids is 1. The first-order chi connectivity index (χ1) is 7.85. The quantitative estimate of drug-likeness (QED) is 0.767. The second-order valence-electron chi connectivity index (χ2n) is 6.01. The van der Waals surface area contributed by atoms with Gasteiger partial charge in [0.15, 0.2) is 0 Å². The second-order valence-corrected chi connectivity index (χ2v) is 6.01. The van der Waals surface area contributed by atoms with Gasteiger partial charge in [0.1, 0.15) is 5.54 Å². The summed E-state index contributed by atoms with van der Waals surface area (Å²) >= 11 is 0. The molecule has 0 radical (unpaired) electrons. The number of nitrogens with zero attached hydrogens (tertiary/aromatic N) is 1. The summed E-state index contributed by atoms with van der Waals surface area (Å²) < 4.78 is 0. The van der Waals surface area contributed by atoms with E-state index in [0.717, 1.165) is 12.8 Å². The molecule has 2 aliphatic rings. The third-order valence-corrected chi connectivity index (χ3v) is 3.93. The molecular formula is C12H20N2O3. The molecule has 0 spiro atoms. The predicted molar refractivity (Wildman–Crippen MR) is 62.7 cm³/mol. The fraction of sp³-hybridized carbons (Fsp3) is 0.833. The van der Waals surface area contributed by atoms with E-state index >= 15 is 0 Å². The molecule has 5 nitrogen and oxygen atoms in total. The predicted octanol–water partition coefficient (Wildman–Crippen LogP) is 1.44. The van der Waals surface area contributed by atoms with Gasteiger partial charge >= 0.3 is 12.0 Å². The molecular weight excluding hydrogens is 220 g/mol. The van der Waals surface area contributed by atoms with Crippen LogP contribution in [0, 0.1) is 5.41 Å². The van der Waals surface area contributed by atoms with E-state index in [2.05, 4.69) is 19.2 Å². The number of hydrogen-bond donors (Lipinski definition) is 2. The number of hydrogen-bond acceptors (Lipinski definition) is 2. The van der Waals surface area contributed by atoms with Crippen LogP contribution in [0.2, 0.25) is 0 Å². The first-order valence-corrected chi connectivity index (χ1v) is 6.15. The van der Waals surface area contributed by atoms with Gasteiger partial charge in [-0.2, -0.15) is 0 Å². The Labute approximate surface area is 101 Å². The van der Waals surface area contributed by atoms with Crippen molar-refractivity contribution in [2.45, 2.75) is 45.1 Å². The van der Waals surface area contributed by atoms with Gasteiger partial charge in [-0.15, -0.1) is 0 Å². The smallest absolute Gasteiger partial charge is 0.329 e. The van der Waals surface area contributed by atoms with Gasteiger partial charge in [0.25, 0.3) is 0 Å². The van der Waals surface area contributed by atoms with E-state index in [1.807, 2.05) is 0 Å². The SMILES string of the molecule is CC1(C)CCN(C(=O)NC2(C(=O)O)CCC2)C1. The molecule has 1 saturated heterocycles. The van der Waals surface area contributed by atoms with Crippen LogP contribution < -0.4 is 5.32 Å². The van der Waals surface area contributed by atoms with Crippen molar-refractivity contribution in [3.05, 3.63) is 0 Å². The Kier molecular flexibility index (Phi) is 2.79. The van der Waals surface area contributed by atoms with Gasteiger partial charge in [0, 0.05) is 13.1 Å². The lowest BCUT2D eigenvalue weighted by molar-refractivity contribution is -0.148. The Hall–Kier alpha value is -1.26. The van der Waals surface area contributed by atoms with Gasteiger partial charge in [0.2, 0.25) is 0 Å². The maximum Gasteiger partial charge on any atom is 0.329 e. The molecule has 1 aliphatic heterocycles. The molecule has 2 fully saturated rings. The van der Waals surface area contributed by atoms with Gasteiger partial charge in [0.05, 0.1) is 0 Å². The number of rotatable bonds is 2. The summed E-state index contributed by atoms with van der Waals surface area (Å²) in [6.07, 6.45) is 2.94. The molecule has 2 N–H and O–H groups in total. The van der Waals surface area contributed by atoms with Crippen LogP contribution in [0.4, 0.5) is 4.79 Å². The van der Waals surface area contributed by atoms with Crippen LogP contribution in [0.1, 0.15) is 39.5 Å². The van der Waals surface area contributed by atoms with Gasteiger partial charge in [-0.25, -0.2) is 9.59 Å². The van der Waals surface area contributed by atoms with Crippen molar-refractivity contribution in [2.24, 2.45) is 5.41 Å². The summed E-state index contributed by atoms with van der Waals surface area (Å²) in [5, 5.41) is 11.8. The Morgan fingerprint density at radius 3 is 2.24 bits per heavy atom. The summed E-state index contributed by atoms with van der Waals surface area (Å²) in [4.78, 5) is 24.9. The Morgan fingerprint density at radius 2 is 1.88 bits per heavy atom. The number of urea groups is 1. The Balaban J connectivity index is 1.96. The van der Waals surface area contributed by atoms with Gasteiger partial charge in [-0.05, 0) is 31.1 Å². The minimum Gasteiger partial charge on any atom is -0.480 e. The largest absolute Gasteiger partial charge is 0.480 e. The molecule has 17 heavy (non-hydrogen) atoms. The van der Waals surface area contributed by atoms with Crippen LogP contribution in [0.3, 0.4) is 0 Å². The van der Waals surface area contributed by atoms with E-state index in [-0.39, 0.29) is 11.4 Å². The molecule has 0 aromatic rings. The van der Waals surface area contributed by atoms with Crippen LogP contribution in [0.5, 0.6) is 0 Å². The van der Waals surface area contributed by atoms with Gasteiger partial charge < -0.3 is 15.3 Å². The van der Waals surface area contributed by atoms with Crippen LogP contribution in [-0.4, -0.2) is 40.6 Å². The molecule has 0 aromatic heterocycles. The average molecular weight is 240 g/mol. The number of carboxylic acids is 1. The lowest BCUT2D eigenvalue weighted by Gasteiger charge is -2.39. The fourth-order valence-corrected chi connectivity index (χ4v) is 2.49. The normalized spacial score (nSPS) is 25.2. The molecule has 0 aromatic carbocycles. The summed E-state index contributed by atoms with van der Waals surface area (Å²) in [7, 11) is 0. The Bertz CT molecular complexity index is 348. The number of aliphatic carboxylic acids is 1. The van der Waals surface area contributed by atoms with Gasteiger partial charge in [-0.1, -0.05) is 13.8 Å². The van der Waals surface area contributed by atoms with E-state index in [1.165, 1.54) is 0 Å². The zero-order chi connectivity index (χ0) is 12.7. The molecule has 1 heterocycles. The van der Waals surface area contributed by atoms with Crippen molar-refractivity contribution >= 4 is 12.0 Å². The molecule has 2 rings (SSSR count). The first-order valence-electron chi connectivity index (χ1n) is 6.15. The first kappa shape index (κ1) is 12.2. The molecule has 96 valence electrons. The second kappa shape index (κ2) is 3.89. The zero-order valence-corrected chi connectivity index (χ0v) is 10.5. The maximum atomic E-state index is 12.0. The zero-order valence-electron chi connectivity index (χ0n) is 10.5. The molecule has 0 atom stereocenters. The third-order valence-electron chi connectivity index (χ3n) is 3.93. The van der Waals surface area contributed by atoms with Crippen LogP contribution >= 0.6 is 0 Å². The van der Waals surface area contributed by atoms with E-state index < -0.39 is 11.5 Å². The van der Waals surface area contributed by atoms with Crippen molar-refractivity contribution in [1.29, 1.82) is 0 Å². The van der Waals surface area contributed by atoms with Crippen molar-refractivity contribution in [2.75, 3.05) is 13.1 Å². The summed E-state index contributed by atoms with van der Waals surface area (Å²) in [5.41, 5.74) is -0.850. The molecule has 0 bridgehead atoms. The Morgan fingerprint density at radius 1 is 1.24 bits per heavy atom. The van der Waals surface area contributed by atoms with E-state index in [9.17, 15) is 9.59 Å². The average Bonchev–Trinajstić information content (AvgIpc) is 2.51. The van der Waals surface area contributed by atoms with Crippen molar-refractivity contribution in [3.63, 3.8) is 0 Å². The van der Waals surface area contributed by atoms with Crippen molar-refractivity contribution < 1.29 is 14.7 Å². The van der Waals surface area contributed by atoms with Crippen LogP contribution in [0.25, 0.3) is 0 Å². The highest BCUT2D eigenvalue weighted by Gasteiger charge is 2.47. The highest BCUT2D eigenvalue weighted by atomic mass is 16.4. The van der Waals surface area contributed by atoms with Crippen molar-refractivity contribution in [1.82, 2.24) is 10.2 Å². The number of carboxylic acid groups (broad SMARTS) is 1. The van der Waals surface area contributed by atoms with Crippen LogP contribution in [0.15, 0.2) is 0 Å². The minimum absolute atomic E-state index is 0.146. The van der Waals surface area contributed by atoms with E-state index in [0.29, 0.717) is 25.9 Å². The summed E-state index contributed by atoms with van der Waals surface area (Å²) in [5.74, 6) is -0.907. The van der Waals surface area contributed by atoms with Crippen molar-refractivity contribution in [3.8, 4) is 0 Å². The standard InChI is InChI=1S/C12H20N2O3/c1-11(2)6-7-14(8-11)10(17)13-12(9(15)16)4-3-5-12/h3-8H2,1-2H3,(H,13,17)(H,15,16). The van der Waals surface area contributed by atoms with E-state index in [1.54, 1.807) is 4.90 Å². The van der Waals surface area contributed by atoms with Crippen LogP contribution in [-0.2, 0) is 4.79 Å². The monoisotopic (exact) mass is 240 g/mol. The highest BCUT2D eigenvalue weighted by molar-refractivity contribution is 5.87.